The summed E-state index contributed by atoms with van der Waals surface area (Å²) in [6.45, 7) is 5.75. The van der Waals surface area contributed by atoms with Crippen molar-refractivity contribution in [3.8, 4) is 12.3 Å². The van der Waals surface area contributed by atoms with Crippen molar-refractivity contribution < 1.29 is 0 Å². The zero-order chi connectivity index (χ0) is 9.56. The van der Waals surface area contributed by atoms with Gasteiger partial charge in [-0.1, -0.05) is 23.6 Å². The average molecular weight is 161 g/mol. The molecule has 0 radical (unpaired) electrons. The molecule has 0 aromatic heterocycles. The van der Waals surface area contributed by atoms with Crippen LogP contribution >= 0.6 is 0 Å². The van der Waals surface area contributed by atoms with Gasteiger partial charge in [-0.3, -0.25) is 0 Å². The summed E-state index contributed by atoms with van der Waals surface area (Å²) in [7, 11) is 0. The van der Waals surface area contributed by atoms with E-state index in [9.17, 15) is 0 Å². The van der Waals surface area contributed by atoms with Gasteiger partial charge in [0.15, 0.2) is 0 Å². The molecule has 0 saturated carbocycles. The van der Waals surface area contributed by atoms with E-state index in [1.165, 1.54) is 5.57 Å². The van der Waals surface area contributed by atoms with Gasteiger partial charge in [-0.2, -0.15) is 0 Å². The second-order valence-electron chi connectivity index (χ2n) is 2.73. The van der Waals surface area contributed by atoms with E-state index in [0.717, 1.165) is 6.42 Å². The van der Waals surface area contributed by atoms with Crippen molar-refractivity contribution in [2.45, 2.75) is 27.2 Å². The second kappa shape index (κ2) is 5.37. The summed E-state index contributed by atoms with van der Waals surface area (Å²) in [5.41, 5.74) is 2.42. The molecule has 12 heavy (non-hydrogen) atoms. The Bertz CT molecular complexity index is 261. The van der Waals surface area contributed by atoms with E-state index in [4.69, 9.17) is 11.8 Å². The van der Waals surface area contributed by atoms with Crippen LogP contribution in [0.5, 0.6) is 0 Å². The lowest BCUT2D eigenvalue weighted by Crippen LogP contribution is -1.91. The van der Waals surface area contributed by atoms with Crippen molar-refractivity contribution in [2.75, 3.05) is 0 Å². The van der Waals surface area contributed by atoms with Gasteiger partial charge in [0.05, 0.1) is 0 Å². The molecule has 0 aliphatic carbocycles. The van der Waals surface area contributed by atoms with Gasteiger partial charge in [0.2, 0.25) is 0 Å². The Morgan fingerprint density at radius 1 is 1.50 bits per heavy atom. The van der Waals surface area contributed by atoms with Crippen LogP contribution < -0.4 is 0 Å². The van der Waals surface area contributed by atoms with Crippen molar-refractivity contribution >= 4 is 5.71 Å². The molecule has 1 N–H and O–H groups in total. The highest BCUT2D eigenvalue weighted by atomic mass is 14.4. The molecule has 0 aliphatic rings. The monoisotopic (exact) mass is 161 g/mol. The van der Waals surface area contributed by atoms with Crippen LogP contribution in [-0.2, 0) is 0 Å². The van der Waals surface area contributed by atoms with E-state index >= 15 is 0 Å². The Morgan fingerprint density at radius 2 is 2.08 bits per heavy atom. The summed E-state index contributed by atoms with van der Waals surface area (Å²) < 4.78 is 0. The number of hydrogen-bond acceptors (Lipinski definition) is 1. The molecule has 0 aliphatic heterocycles. The highest BCUT2D eigenvalue weighted by Crippen LogP contribution is 2.04. The summed E-state index contributed by atoms with van der Waals surface area (Å²) in [4.78, 5) is 0. The van der Waals surface area contributed by atoms with Gasteiger partial charge in [0.1, 0.15) is 0 Å². The fourth-order valence-corrected chi connectivity index (χ4v) is 0.701. The van der Waals surface area contributed by atoms with Crippen molar-refractivity contribution in [2.24, 2.45) is 0 Å². The Balaban J connectivity index is 4.35. The van der Waals surface area contributed by atoms with Gasteiger partial charge in [0, 0.05) is 11.3 Å². The topological polar surface area (TPSA) is 23.9 Å². The number of rotatable bonds is 3. The molecule has 1 heteroatoms. The summed E-state index contributed by atoms with van der Waals surface area (Å²) in [5.74, 6) is 2.49. The standard InChI is InChI=1S/C11H15N/c1-5-9(3)7-8-11(6-2)10(4)12/h2,5,8,12H,7H2,1,3-4H3/b9-5?,11-8+,12-10?. The van der Waals surface area contributed by atoms with Crippen molar-refractivity contribution in [1.82, 2.24) is 0 Å². The number of hydrogen-bond donors (Lipinski definition) is 1. The molecule has 0 rings (SSSR count). The molecule has 0 saturated heterocycles. The van der Waals surface area contributed by atoms with E-state index in [1.54, 1.807) is 6.92 Å². The Kier molecular flexibility index (Phi) is 4.79. The molecule has 0 atom stereocenters. The summed E-state index contributed by atoms with van der Waals surface area (Å²) in [5, 5.41) is 7.32. The molecule has 0 heterocycles. The minimum absolute atomic E-state index is 0.460. The molecule has 1 nitrogen and oxygen atoms in total. The predicted molar refractivity (Wildman–Crippen MR) is 54.4 cm³/mol. The summed E-state index contributed by atoms with van der Waals surface area (Å²) >= 11 is 0. The maximum absolute atomic E-state index is 7.32. The van der Waals surface area contributed by atoms with Crippen LogP contribution in [0.15, 0.2) is 23.3 Å². The van der Waals surface area contributed by atoms with Crippen LogP contribution in [0.1, 0.15) is 27.2 Å². The molecular weight excluding hydrogens is 146 g/mol. The van der Waals surface area contributed by atoms with Crippen molar-refractivity contribution in [1.29, 1.82) is 5.41 Å². The maximum Gasteiger partial charge on any atom is 0.0436 e. The van der Waals surface area contributed by atoms with Crippen LogP contribution in [0.4, 0.5) is 0 Å². The van der Waals surface area contributed by atoms with Crippen LogP contribution in [0.2, 0.25) is 0 Å². The lowest BCUT2D eigenvalue weighted by molar-refractivity contribution is 1.19. The molecule has 0 spiro atoms. The highest BCUT2D eigenvalue weighted by Gasteiger charge is 1.93. The Labute approximate surface area is 74.7 Å². The minimum Gasteiger partial charge on any atom is -0.304 e. The highest BCUT2D eigenvalue weighted by molar-refractivity contribution is 5.99. The van der Waals surface area contributed by atoms with E-state index in [-0.39, 0.29) is 0 Å². The van der Waals surface area contributed by atoms with Gasteiger partial charge in [-0.05, 0) is 27.2 Å². The largest absolute Gasteiger partial charge is 0.304 e. The molecule has 0 fully saturated rings. The molecule has 0 unspecified atom stereocenters. The summed E-state index contributed by atoms with van der Waals surface area (Å²) in [6.07, 6.45) is 10.0. The quantitative estimate of drug-likeness (QED) is 0.374. The first-order valence-corrected chi connectivity index (χ1v) is 3.96. The smallest absolute Gasteiger partial charge is 0.0436 e. The van der Waals surface area contributed by atoms with Crippen LogP contribution in [0.3, 0.4) is 0 Å². The van der Waals surface area contributed by atoms with Gasteiger partial charge in [-0.25, -0.2) is 0 Å². The fourth-order valence-electron chi connectivity index (χ4n) is 0.701. The van der Waals surface area contributed by atoms with E-state index < -0.39 is 0 Å². The van der Waals surface area contributed by atoms with Gasteiger partial charge in [0.25, 0.3) is 0 Å². The Morgan fingerprint density at radius 3 is 2.42 bits per heavy atom. The first kappa shape index (κ1) is 10.7. The predicted octanol–water partition coefficient (Wildman–Crippen LogP) is 2.94. The maximum atomic E-state index is 7.32. The minimum atomic E-state index is 0.460. The lowest BCUT2D eigenvalue weighted by atomic mass is 10.1. The first-order chi connectivity index (χ1) is 5.61. The third-order valence-corrected chi connectivity index (χ3v) is 1.68. The number of allylic oxidation sites excluding steroid dienone is 4. The van der Waals surface area contributed by atoms with Gasteiger partial charge >= 0.3 is 0 Å². The third-order valence-electron chi connectivity index (χ3n) is 1.68. The molecular formula is C11H15N. The van der Waals surface area contributed by atoms with Crippen LogP contribution in [0, 0.1) is 17.8 Å². The Hall–Kier alpha value is -1.29. The van der Waals surface area contributed by atoms with Crippen LogP contribution in [-0.4, -0.2) is 5.71 Å². The molecule has 64 valence electrons. The van der Waals surface area contributed by atoms with Crippen LogP contribution in [0.25, 0.3) is 0 Å². The number of terminal acetylenes is 1. The fraction of sp³-hybridized carbons (Fsp3) is 0.364. The van der Waals surface area contributed by atoms with E-state index in [0.29, 0.717) is 11.3 Å². The third kappa shape index (κ3) is 3.78. The lowest BCUT2D eigenvalue weighted by Gasteiger charge is -1.96. The average Bonchev–Trinajstić information content (AvgIpc) is 2.04. The van der Waals surface area contributed by atoms with Crippen molar-refractivity contribution in [3.63, 3.8) is 0 Å². The zero-order valence-corrected chi connectivity index (χ0v) is 7.94. The molecule has 0 aromatic carbocycles. The van der Waals surface area contributed by atoms with Gasteiger partial charge in [-0.15, -0.1) is 6.42 Å². The van der Waals surface area contributed by atoms with Gasteiger partial charge < -0.3 is 5.41 Å². The van der Waals surface area contributed by atoms with E-state index in [1.807, 2.05) is 26.0 Å². The molecule has 0 aromatic rings. The van der Waals surface area contributed by atoms with Crippen molar-refractivity contribution in [3.05, 3.63) is 23.3 Å². The molecule has 0 amide bonds. The number of nitrogens with one attached hydrogen (secondary N) is 1. The SMILES string of the molecule is C#C/C(=C\CC(C)=CC)C(C)=N. The first-order valence-electron chi connectivity index (χ1n) is 3.96. The zero-order valence-electron chi connectivity index (χ0n) is 7.94. The molecule has 0 bridgehead atoms. The van der Waals surface area contributed by atoms with E-state index in [2.05, 4.69) is 5.92 Å². The summed E-state index contributed by atoms with van der Waals surface area (Å²) in [6, 6.07) is 0. The normalized spacial score (nSPS) is 12.5. The second-order valence-corrected chi connectivity index (χ2v) is 2.73.